The van der Waals surface area contributed by atoms with Crippen LogP contribution in [0.15, 0.2) is 0 Å². The zero-order valence-electron chi connectivity index (χ0n) is 52.4. The molecule has 21 heterocycles. The Morgan fingerprint density at radius 3 is 0.750 bits per heavy atom. The molecule has 0 aromatic rings. The van der Waals surface area contributed by atoms with E-state index in [4.69, 9.17) is 66.3 Å². The topological polar surface area (TPSA) is 575 Å². The number of amides is 1. The van der Waals surface area contributed by atoms with Crippen LogP contribution in [0.5, 0.6) is 0 Å². The van der Waals surface area contributed by atoms with Gasteiger partial charge in [-0.3, -0.25) is 4.79 Å². The highest BCUT2D eigenvalue weighted by molar-refractivity contribution is 5.83. The first kappa shape index (κ1) is 75.2. The van der Waals surface area contributed by atoms with E-state index in [-0.39, 0.29) is 17.9 Å². The first-order chi connectivity index (χ1) is 46.0. The van der Waals surface area contributed by atoms with Crippen LogP contribution in [-0.4, -0.2) is 382 Å². The molecule has 4 saturated carbocycles. The summed E-state index contributed by atoms with van der Waals surface area (Å²) in [5.41, 5.74) is -0.266. The monoisotopic (exact) mass is 1390 g/mol. The SMILES string of the molecule is O=C(NCCCCCCNC[C@H]1O[C@@H]2O[C@H]3[C@H](O)[C@@H](O)[C@@H](O[C@H]4[C@H](O)[C@@H](O)[C@@H](O[C@H]5[C@H](O)[C@@H](O)[C@@H](O[C@H]6[C@H](O)[C@@H](O)[C@@H](O[C@H]7[C@H](O)[C@@H](O)[C@@H](O[C@H]8[C@H](O)[C@@H](O)[C@@H](O[C@H]1[C@H](O)[C@H]2O)O[C@@H]8CO)O[C@@H]7CO)O[C@@H]6CO)O[C@@H]5CO)O[C@@H]4CO)O[C@@H]3CO)C12CC3CC(CC(C3)C1)C2. The summed E-state index contributed by atoms with van der Waals surface area (Å²) in [6.45, 7) is -5.60. The van der Waals surface area contributed by atoms with E-state index in [0.717, 1.165) is 32.1 Å². The maximum atomic E-state index is 13.5. The van der Waals surface area contributed by atoms with Gasteiger partial charge in [0.25, 0.3) is 0 Å². The molecule has 37 nitrogen and oxygen atoms in total. The van der Waals surface area contributed by atoms with Crippen LogP contribution in [0.25, 0.3) is 0 Å². The molecule has 25 aliphatic rings. The molecule has 96 heavy (non-hydrogen) atoms. The first-order valence-electron chi connectivity index (χ1n) is 33.3. The standard InChI is InChI=1S/C59H98N2O35/c62-14-24-45-32(70)39(77)53(85-24)93-47-26(16-64)87-55(41(79)34(47)72)95-49-28(18-66)89-57(43(81)36(49)74)96-50-29(19-67)88-56(42(80)35(50)73)94-48-27(17-65)86-54(40(78)33(48)71)92-46-25(15-63)84-52(38(76)31(46)69)90-44-23(83-51(91-45)37(75)30(44)68)13-60-5-3-1-2-4-6-61-58(82)59-10-20-7-21(11-59)9-22(8-20)12-59/h20-57,60,62-81H,1-19H2,(H,61,82)/t20?,21?,22?,23-,24-,25-,26-,27-,28-,29-,30-,31-,32-,33-,34-,35-,36-,37-,38-,39-,40-,41-,42-,43-,44-,45-,46-,47-,48-,49-,50-,51-,52-,53-,54-,55-,56-,57-,59?/m1/s1. The lowest BCUT2D eigenvalue weighted by Crippen LogP contribution is -2.68. The van der Waals surface area contributed by atoms with Gasteiger partial charge in [0.1, 0.15) is 171 Å². The Labute approximate surface area is 550 Å². The second-order valence-corrected chi connectivity index (χ2v) is 27.5. The molecule has 1 amide bonds. The van der Waals surface area contributed by atoms with E-state index in [1.54, 1.807) is 0 Å². The third kappa shape index (κ3) is 15.3. The summed E-state index contributed by atoms with van der Waals surface area (Å²) in [6, 6.07) is 0. The maximum Gasteiger partial charge on any atom is 0.226 e. The molecular weight excluding hydrogens is 1300 g/mol. The average Bonchev–Trinajstić information content (AvgIpc) is 0.701. The van der Waals surface area contributed by atoms with Gasteiger partial charge in [-0.15, -0.1) is 0 Å². The largest absolute Gasteiger partial charge is 0.394 e. The van der Waals surface area contributed by atoms with Crippen molar-refractivity contribution in [3.05, 3.63) is 0 Å². The molecule has 25 rings (SSSR count). The summed E-state index contributed by atoms with van der Waals surface area (Å²) in [6.07, 6.45) is -60.1. The van der Waals surface area contributed by atoms with Crippen LogP contribution in [0.3, 0.4) is 0 Å². The molecule has 21 aliphatic heterocycles. The molecule has 18 bridgehead atoms. The van der Waals surface area contributed by atoms with Crippen molar-refractivity contribution in [1.82, 2.24) is 10.6 Å². The lowest BCUT2D eigenvalue weighted by atomic mass is 9.49. The number of aliphatic hydroxyl groups excluding tert-OH is 20. The Morgan fingerprint density at radius 1 is 0.292 bits per heavy atom. The average molecular weight is 1400 g/mol. The Balaban J connectivity index is 0.815. The van der Waals surface area contributed by atoms with Gasteiger partial charge in [0.15, 0.2) is 44.0 Å². The summed E-state index contributed by atoms with van der Waals surface area (Å²) < 4.78 is 82.0. The predicted molar refractivity (Wildman–Crippen MR) is 306 cm³/mol. The molecule has 37 heteroatoms. The smallest absolute Gasteiger partial charge is 0.226 e. The molecule has 21 saturated heterocycles. The van der Waals surface area contributed by atoms with Crippen LogP contribution < -0.4 is 10.6 Å². The van der Waals surface area contributed by atoms with Crippen LogP contribution in [0.2, 0.25) is 0 Å². The number of hydrogen-bond donors (Lipinski definition) is 22. The van der Waals surface area contributed by atoms with E-state index in [1.807, 2.05) is 0 Å². The number of carbonyl (C=O) groups is 1. The van der Waals surface area contributed by atoms with Crippen LogP contribution in [0.1, 0.15) is 64.2 Å². The number of carbonyl (C=O) groups excluding carboxylic acids is 1. The lowest BCUT2D eigenvalue weighted by Gasteiger charge is -2.55. The summed E-state index contributed by atoms with van der Waals surface area (Å²) >= 11 is 0. The molecule has 0 unspecified atom stereocenters. The predicted octanol–water partition coefficient (Wildman–Crippen LogP) is -11.7. The van der Waals surface area contributed by atoms with Crippen LogP contribution in [0, 0.1) is 23.2 Å². The third-order valence-corrected chi connectivity index (χ3v) is 21.0. The van der Waals surface area contributed by atoms with Crippen molar-refractivity contribution in [2.75, 3.05) is 59.3 Å². The molecule has 25 fully saturated rings. The van der Waals surface area contributed by atoms with Gasteiger partial charge in [-0.2, -0.15) is 0 Å². The molecule has 35 atom stereocenters. The Kier molecular flexibility index (Phi) is 25.4. The first-order valence-corrected chi connectivity index (χ1v) is 33.3. The minimum Gasteiger partial charge on any atom is -0.394 e. The van der Waals surface area contributed by atoms with Crippen molar-refractivity contribution in [3.63, 3.8) is 0 Å². The van der Waals surface area contributed by atoms with Gasteiger partial charge in [-0.1, -0.05) is 12.8 Å². The molecule has 0 aromatic heterocycles. The fourth-order valence-electron chi connectivity index (χ4n) is 16.2. The highest BCUT2D eigenvalue weighted by atomic mass is 16.8. The molecule has 0 aromatic carbocycles. The molecule has 4 aliphatic carbocycles. The highest BCUT2D eigenvalue weighted by Gasteiger charge is 2.61. The zero-order chi connectivity index (χ0) is 68.8. The van der Waals surface area contributed by atoms with E-state index in [2.05, 4.69) is 10.6 Å². The number of aliphatic hydroxyl groups is 20. The quantitative estimate of drug-likeness (QED) is 0.0638. The Morgan fingerprint density at radius 2 is 0.510 bits per heavy atom. The summed E-state index contributed by atoms with van der Waals surface area (Å²) in [5, 5.41) is 231. The minimum absolute atomic E-state index is 0.147. The van der Waals surface area contributed by atoms with Crippen molar-refractivity contribution < 1.29 is 173 Å². The van der Waals surface area contributed by atoms with Crippen molar-refractivity contribution >= 4 is 5.91 Å². The minimum atomic E-state index is -2.21. The second kappa shape index (κ2) is 32.4. The van der Waals surface area contributed by atoms with Crippen LogP contribution in [0.4, 0.5) is 0 Å². The van der Waals surface area contributed by atoms with Crippen molar-refractivity contribution in [2.45, 2.75) is 279 Å². The number of rotatable bonds is 16. The van der Waals surface area contributed by atoms with E-state index < -0.39 is 255 Å². The van der Waals surface area contributed by atoms with E-state index in [1.165, 1.54) is 19.3 Å². The van der Waals surface area contributed by atoms with Gasteiger partial charge in [-0.25, -0.2) is 0 Å². The fourth-order valence-corrected chi connectivity index (χ4v) is 16.2. The number of nitrogens with one attached hydrogen (secondary N) is 2. The van der Waals surface area contributed by atoms with Gasteiger partial charge in [0.2, 0.25) is 5.91 Å². The van der Waals surface area contributed by atoms with Gasteiger partial charge < -0.3 is 179 Å². The number of hydrogen-bond acceptors (Lipinski definition) is 36. The number of unbranched alkanes of at least 4 members (excludes halogenated alkanes) is 3. The van der Waals surface area contributed by atoms with Crippen molar-refractivity contribution in [2.24, 2.45) is 23.2 Å². The van der Waals surface area contributed by atoms with E-state index >= 15 is 0 Å². The summed E-state index contributed by atoms with van der Waals surface area (Å²) in [4.78, 5) is 13.5. The van der Waals surface area contributed by atoms with Crippen LogP contribution in [-0.2, 0) is 71.1 Å². The normalized spacial score (nSPS) is 52.4. The van der Waals surface area contributed by atoms with Gasteiger partial charge in [0.05, 0.1) is 39.6 Å². The lowest BCUT2D eigenvalue weighted by molar-refractivity contribution is -0.396. The zero-order valence-corrected chi connectivity index (χ0v) is 52.4. The van der Waals surface area contributed by atoms with Crippen LogP contribution >= 0.6 is 0 Å². The van der Waals surface area contributed by atoms with E-state index in [9.17, 15) is 107 Å². The van der Waals surface area contributed by atoms with E-state index in [0.29, 0.717) is 43.7 Å². The van der Waals surface area contributed by atoms with Crippen molar-refractivity contribution in [1.29, 1.82) is 0 Å². The van der Waals surface area contributed by atoms with Crippen molar-refractivity contribution in [3.8, 4) is 0 Å². The Hall–Kier alpha value is -1.93. The molecule has 0 spiro atoms. The highest BCUT2D eigenvalue weighted by Crippen LogP contribution is 2.60. The van der Waals surface area contributed by atoms with Gasteiger partial charge in [-0.05, 0) is 75.7 Å². The second-order valence-electron chi connectivity index (χ2n) is 27.5. The molecule has 22 N–H and O–H groups in total. The summed E-state index contributed by atoms with van der Waals surface area (Å²) in [5.74, 6) is 2.02. The third-order valence-electron chi connectivity index (χ3n) is 21.0. The Bertz CT molecular complexity index is 2400. The van der Waals surface area contributed by atoms with Gasteiger partial charge in [0, 0.05) is 18.5 Å². The molecular formula is C59H98N2O35. The molecule has 0 radical (unpaired) electrons. The van der Waals surface area contributed by atoms with Gasteiger partial charge >= 0.3 is 0 Å². The molecule has 554 valence electrons. The maximum absolute atomic E-state index is 13.5. The fraction of sp³-hybridized carbons (Fsp3) is 0.983. The number of ether oxygens (including phenoxy) is 14. The summed E-state index contributed by atoms with van der Waals surface area (Å²) in [7, 11) is 0.